The standard InChI is InChI=1S/C12H22O4/c1-5-6-12(4,10(15)16)8-7-11(2,3)9(13)14/h5-8H2,1-4H3,(H,13,14)(H,15,16). The van der Waals surface area contributed by atoms with Gasteiger partial charge in [-0.2, -0.15) is 0 Å². The van der Waals surface area contributed by atoms with Crippen LogP contribution < -0.4 is 0 Å². The smallest absolute Gasteiger partial charge is 0.309 e. The lowest BCUT2D eigenvalue weighted by Gasteiger charge is -2.28. The van der Waals surface area contributed by atoms with Crippen LogP contribution in [0.25, 0.3) is 0 Å². The van der Waals surface area contributed by atoms with E-state index in [2.05, 4.69) is 0 Å². The Kier molecular flexibility index (Phi) is 4.97. The zero-order valence-corrected chi connectivity index (χ0v) is 10.5. The Hall–Kier alpha value is -1.06. The van der Waals surface area contributed by atoms with Gasteiger partial charge in [-0.3, -0.25) is 9.59 Å². The molecule has 0 aromatic heterocycles. The van der Waals surface area contributed by atoms with Gasteiger partial charge in [-0.05, 0) is 40.0 Å². The normalized spacial score (nSPS) is 15.5. The maximum Gasteiger partial charge on any atom is 0.309 e. The Bertz CT molecular complexity index is 270. The first kappa shape index (κ1) is 14.9. The van der Waals surface area contributed by atoms with Crippen molar-refractivity contribution in [3.05, 3.63) is 0 Å². The summed E-state index contributed by atoms with van der Waals surface area (Å²) in [5.41, 5.74) is -1.66. The highest BCUT2D eigenvalue weighted by Gasteiger charge is 2.36. The van der Waals surface area contributed by atoms with Gasteiger partial charge in [0.25, 0.3) is 0 Å². The van der Waals surface area contributed by atoms with Gasteiger partial charge in [0.15, 0.2) is 0 Å². The van der Waals surface area contributed by atoms with Crippen LogP contribution in [0.3, 0.4) is 0 Å². The molecule has 0 aromatic carbocycles. The maximum atomic E-state index is 11.2. The summed E-state index contributed by atoms with van der Waals surface area (Å²) in [7, 11) is 0. The van der Waals surface area contributed by atoms with E-state index in [0.29, 0.717) is 19.3 Å². The molecule has 0 aliphatic carbocycles. The first-order valence-electron chi connectivity index (χ1n) is 5.62. The summed E-state index contributed by atoms with van der Waals surface area (Å²) in [5.74, 6) is -1.72. The third kappa shape index (κ3) is 3.83. The number of hydrogen-bond acceptors (Lipinski definition) is 2. The van der Waals surface area contributed by atoms with E-state index in [4.69, 9.17) is 10.2 Å². The van der Waals surface area contributed by atoms with Crippen molar-refractivity contribution >= 4 is 11.9 Å². The molecule has 0 aliphatic heterocycles. The number of carboxylic acid groups (broad SMARTS) is 2. The van der Waals surface area contributed by atoms with Gasteiger partial charge < -0.3 is 10.2 Å². The van der Waals surface area contributed by atoms with E-state index in [1.807, 2.05) is 6.92 Å². The molecule has 0 saturated heterocycles. The molecule has 0 amide bonds. The lowest BCUT2D eigenvalue weighted by molar-refractivity contribution is -0.152. The Morgan fingerprint density at radius 3 is 1.75 bits per heavy atom. The number of carbonyl (C=O) groups is 2. The van der Waals surface area contributed by atoms with Crippen molar-refractivity contribution in [2.75, 3.05) is 0 Å². The summed E-state index contributed by atoms with van der Waals surface area (Å²) >= 11 is 0. The molecule has 0 saturated carbocycles. The SMILES string of the molecule is CCCC(C)(CCC(C)(C)C(=O)O)C(=O)O. The van der Waals surface area contributed by atoms with Crippen LogP contribution in [0.5, 0.6) is 0 Å². The van der Waals surface area contributed by atoms with Crippen LogP contribution >= 0.6 is 0 Å². The third-order valence-electron chi connectivity index (χ3n) is 3.20. The first-order valence-corrected chi connectivity index (χ1v) is 5.62. The average molecular weight is 230 g/mol. The fraction of sp³-hybridized carbons (Fsp3) is 0.833. The van der Waals surface area contributed by atoms with Gasteiger partial charge in [0.1, 0.15) is 0 Å². The van der Waals surface area contributed by atoms with Crippen molar-refractivity contribution in [1.29, 1.82) is 0 Å². The lowest BCUT2D eigenvalue weighted by Crippen LogP contribution is -2.31. The van der Waals surface area contributed by atoms with Gasteiger partial charge in [-0.15, -0.1) is 0 Å². The molecule has 94 valence electrons. The summed E-state index contributed by atoms with van der Waals surface area (Å²) < 4.78 is 0. The van der Waals surface area contributed by atoms with E-state index in [1.54, 1.807) is 20.8 Å². The molecular weight excluding hydrogens is 208 g/mol. The van der Waals surface area contributed by atoms with E-state index in [1.165, 1.54) is 0 Å². The molecule has 0 bridgehead atoms. The second-order valence-electron chi connectivity index (χ2n) is 5.30. The zero-order valence-electron chi connectivity index (χ0n) is 10.5. The van der Waals surface area contributed by atoms with Crippen LogP contribution in [-0.4, -0.2) is 22.2 Å². The minimum Gasteiger partial charge on any atom is -0.481 e. The molecule has 2 N–H and O–H groups in total. The molecular formula is C12H22O4. The van der Waals surface area contributed by atoms with Crippen molar-refractivity contribution in [1.82, 2.24) is 0 Å². The highest BCUT2D eigenvalue weighted by Crippen LogP contribution is 2.34. The number of aliphatic carboxylic acids is 2. The molecule has 0 aliphatic rings. The van der Waals surface area contributed by atoms with Gasteiger partial charge in [-0.1, -0.05) is 13.3 Å². The molecule has 0 spiro atoms. The van der Waals surface area contributed by atoms with Gasteiger partial charge in [0, 0.05) is 0 Å². The van der Waals surface area contributed by atoms with Crippen molar-refractivity contribution in [2.45, 2.75) is 53.4 Å². The quantitative estimate of drug-likeness (QED) is 0.705. The van der Waals surface area contributed by atoms with E-state index in [-0.39, 0.29) is 0 Å². The molecule has 0 aromatic rings. The second-order valence-corrected chi connectivity index (χ2v) is 5.30. The number of carboxylic acids is 2. The molecule has 1 atom stereocenters. The lowest BCUT2D eigenvalue weighted by atomic mass is 9.75. The van der Waals surface area contributed by atoms with Crippen LogP contribution in [0.1, 0.15) is 53.4 Å². The van der Waals surface area contributed by atoms with Crippen LogP contribution in [0.4, 0.5) is 0 Å². The molecule has 0 heterocycles. The molecule has 1 unspecified atom stereocenters. The van der Waals surface area contributed by atoms with Gasteiger partial charge in [0.2, 0.25) is 0 Å². The van der Waals surface area contributed by atoms with Gasteiger partial charge in [0.05, 0.1) is 10.8 Å². The highest BCUT2D eigenvalue weighted by atomic mass is 16.4. The van der Waals surface area contributed by atoms with Crippen molar-refractivity contribution in [3.63, 3.8) is 0 Å². The summed E-state index contributed by atoms with van der Waals surface area (Å²) in [6.07, 6.45) is 2.15. The monoisotopic (exact) mass is 230 g/mol. The summed E-state index contributed by atoms with van der Waals surface area (Å²) in [6, 6.07) is 0. The predicted octanol–water partition coefficient (Wildman–Crippen LogP) is 2.77. The Morgan fingerprint density at radius 1 is 0.938 bits per heavy atom. The highest BCUT2D eigenvalue weighted by molar-refractivity contribution is 5.75. The van der Waals surface area contributed by atoms with Gasteiger partial charge >= 0.3 is 11.9 Å². The topological polar surface area (TPSA) is 74.6 Å². The summed E-state index contributed by atoms with van der Waals surface area (Å²) in [5, 5.41) is 18.1. The first-order chi connectivity index (χ1) is 7.15. The van der Waals surface area contributed by atoms with Crippen LogP contribution in [0, 0.1) is 10.8 Å². The number of hydrogen-bond donors (Lipinski definition) is 2. The fourth-order valence-corrected chi connectivity index (χ4v) is 1.59. The Balaban J connectivity index is 4.56. The van der Waals surface area contributed by atoms with Crippen molar-refractivity contribution < 1.29 is 19.8 Å². The third-order valence-corrected chi connectivity index (χ3v) is 3.20. The van der Waals surface area contributed by atoms with E-state index in [0.717, 1.165) is 6.42 Å². The summed E-state index contributed by atoms with van der Waals surface area (Å²) in [6.45, 7) is 6.88. The minimum absolute atomic E-state index is 0.380. The molecule has 16 heavy (non-hydrogen) atoms. The van der Waals surface area contributed by atoms with E-state index >= 15 is 0 Å². The van der Waals surface area contributed by atoms with Crippen molar-refractivity contribution in [3.8, 4) is 0 Å². The van der Waals surface area contributed by atoms with Crippen LogP contribution in [0.2, 0.25) is 0 Å². The largest absolute Gasteiger partial charge is 0.481 e. The van der Waals surface area contributed by atoms with Crippen LogP contribution in [0.15, 0.2) is 0 Å². The van der Waals surface area contributed by atoms with Crippen LogP contribution in [-0.2, 0) is 9.59 Å². The maximum absolute atomic E-state index is 11.2. The zero-order chi connectivity index (χ0) is 13.0. The minimum atomic E-state index is -0.878. The second kappa shape index (κ2) is 5.32. The molecule has 0 fully saturated rings. The van der Waals surface area contributed by atoms with E-state index in [9.17, 15) is 9.59 Å². The Morgan fingerprint density at radius 2 is 1.44 bits per heavy atom. The molecule has 4 heteroatoms. The fourth-order valence-electron chi connectivity index (χ4n) is 1.59. The predicted molar refractivity (Wildman–Crippen MR) is 61.3 cm³/mol. The molecule has 4 nitrogen and oxygen atoms in total. The molecule has 0 radical (unpaired) electrons. The number of rotatable bonds is 7. The van der Waals surface area contributed by atoms with E-state index < -0.39 is 22.8 Å². The Labute approximate surface area is 96.7 Å². The van der Waals surface area contributed by atoms with Crippen molar-refractivity contribution in [2.24, 2.45) is 10.8 Å². The average Bonchev–Trinajstić information content (AvgIpc) is 2.15. The van der Waals surface area contributed by atoms with Gasteiger partial charge in [-0.25, -0.2) is 0 Å². The summed E-state index contributed by atoms with van der Waals surface area (Å²) in [4.78, 5) is 22.1. The molecule has 0 rings (SSSR count).